The van der Waals surface area contributed by atoms with Gasteiger partial charge in [0.2, 0.25) is 5.91 Å². The van der Waals surface area contributed by atoms with E-state index in [0.717, 1.165) is 28.8 Å². The van der Waals surface area contributed by atoms with Gasteiger partial charge in [0.25, 0.3) is 5.91 Å². The van der Waals surface area contributed by atoms with E-state index in [4.69, 9.17) is 4.84 Å². The lowest BCUT2D eigenvalue weighted by Gasteiger charge is -2.28. The van der Waals surface area contributed by atoms with Gasteiger partial charge < -0.3 is 0 Å². The normalized spacial score (nSPS) is 22.8. The van der Waals surface area contributed by atoms with Crippen LogP contribution in [0.25, 0.3) is 0 Å². The van der Waals surface area contributed by atoms with E-state index in [-0.39, 0.29) is 17.9 Å². The minimum absolute atomic E-state index is 0.219. The molecule has 0 spiro atoms. The Morgan fingerprint density at radius 2 is 1.48 bits per heavy atom. The first-order valence-corrected chi connectivity index (χ1v) is 10.6. The number of carbonyl (C=O) groups is 2. The average molecular weight is 412 g/mol. The number of anilines is 2. The van der Waals surface area contributed by atoms with Gasteiger partial charge in [-0.1, -0.05) is 67.1 Å². The second kappa shape index (κ2) is 7.67. The number of rotatable bonds is 4. The quantitative estimate of drug-likeness (QED) is 0.588. The van der Waals surface area contributed by atoms with Crippen LogP contribution in [0, 0.1) is 12.8 Å². The Labute approximate surface area is 181 Å². The molecule has 3 atom stereocenters. The fourth-order valence-corrected chi connectivity index (χ4v) is 4.45. The van der Waals surface area contributed by atoms with E-state index in [1.807, 2.05) is 85.8 Å². The first-order valence-electron chi connectivity index (χ1n) is 10.6. The first-order chi connectivity index (χ1) is 15.1. The van der Waals surface area contributed by atoms with Gasteiger partial charge in [0, 0.05) is 0 Å². The maximum absolute atomic E-state index is 13.6. The number of para-hydroxylation sites is 1. The molecular formula is C26H24N2O3. The third-order valence-electron chi connectivity index (χ3n) is 6.15. The lowest BCUT2D eigenvalue weighted by Crippen LogP contribution is -2.37. The Hall–Kier alpha value is -3.44. The van der Waals surface area contributed by atoms with Gasteiger partial charge >= 0.3 is 0 Å². The molecule has 0 bridgehead atoms. The molecule has 2 heterocycles. The molecule has 0 N–H and O–H groups in total. The lowest BCUT2D eigenvalue weighted by molar-refractivity contribution is -0.126. The smallest absolute Gasteiger partial charge is 0.266 e. The summed E-state index contributed by atoms with van der Waals surface area (Å²) in [4.78, 5) is 34.4. The van der Waals surface area contributed by atoms with E-state index in [9.17, 15) is 9.59 Å². The molecule has 2 fully saturated rings. The molecule has 2 aliphatic rings. The topological polar surface area (TPSA) is 49.9 Å². The largest absolute Gasteiger partial charge is 0.273 e. The van der Waals surface area contributed by atoms with E-state index in [0.29, 0.717) is 5.69 Å². The number of amides is 2. The summed E-state index contributed by atoms with van der Waals surface area (Å²) in [6.45, 7) is 4.10. The van der Waals surface area contributed by atoms with Gasteiger partial charge in [0.05, 0.1) is 17.4 Å². The van der Waals surface area contributed by atoms with E-state index >= 15 is 0 Å². The van der Waals surface area contributed by atoms with Crippen LogP contribution in [0.5, 0.6) is 0 Å². The Kier molecular flexibility index (Phi) is 4.83. The number of benzene rings is 3. The molecule has 5 rings (SSSR count). The van der Waals surface area contributed by atoms with Gasteiger partial charge in [0.1, 0.15) is 5.92 Å². The summed E-state index contributed by atoms with van der Waals surface area (Å²) in [5.41, 5.74) is 4.66. The van der Waals surface area contributed by atoms with Gasteiger partial charge in [-0.05, 0) is 48.7 Å². The van der Waals surface area contributed by atoms with Gasteiger partial charge in [-0.25, -0.2) is 9.96 Å². The van der Waals surface area contributed by atoms with Gasteiger partial charge in [-0.15, -0.1) is 0 Å². The maximum Gasteiger partial charge on any atom is 0.266 e. The molecule has 0 aliphatic carbocycles. The highest BCUT2D eigenvalue weighted by Gasteiger charge is 2.60. The molecule has 3 aromatic carbocycles. The molecule has 2 saturated heterocycles. The van der Waals surface area contributed by atoms with Crippen LogP contribution in [0.2, 0.25) is 0 Å². The molecule has 0 aromatic heterocycles. The van der Waals surface area contributed by atoms with Gasteiger partial charge in [0.15, 0.2) is 6.10 Å². The zero-order valence-electron chi connectivity index (χ0n) is 17.6. The van der Waals surface area contributed by atoms with Crippen LogP contribution in [0.15, 0.2) is 78.9 Å². The number of nitrogens with zero attached hydrogens (tertiary/aromatic N) is 2. The standard InChI is InChI=1S/C26H24N2O3/c1-3-18-11-15-20(16-12-18)27-25(29)22-23(19-13-9-17(2)10-14-19)28(31-24(22)26(27)30)21-7-5-4-6-8-21/h4-16,22-24H,3H2,1-2H3/t22-,23+,24-/m1/s1. The van der Waals surface area contributed by atoms with Gasteiger partial charge in [-0.3, -0.25) is 14.4 Å². The van der Waals surface area contributed by atoms with Crippen LogP contribution in [0.3, 0.4) is 0 Å². The fraction of sp³-hybridized carbons (Fsp3) is 0.231. The molecule has 0 saturated carbocycles. The highest BCUT2D eigenvalue weighted by Crippen LogP contribution is 2.47. The Morgan fingerprint density at radius 1 is 0.806 bits per heavy atom. The number of fused-ring (bicyclic) bond motifs is 1. The minimum atomic E-state index is -0.843. The Morgan fingerprint density at radius 3 is 2.13 bits per heavy atom. The Balaban J connectivity index is 1.56. The van der Waals surface area contributed by atoms with Gasteiger partial charge in [-0.2, -0.15) is 0 Å². The molecule has 0 radical (unpaired) electrons. The van der Waals surface area contributed by atoms with Crippen LogP contribution in [0.4, 0.5) is 11.4 Å². The van der Waals surface area contributed by atoms with Crippen LogP contribution >= 0.6 is 0 Å². The number of hydrogen-bond donors (Lipinski definition) is 0. The van der Waals surface area contributed by atoms with Crippen LogP contribution in [0.1, 0.15) is 29.7 Å². The molecule has 2 aliphatic heterocycles. The highest BCUT2D eigenvalue weighted by molar-refractivity contribution is 6.23. The van der Waals surface area contributed by atoms with E-state index in [1.165, 1.54) is 4.90 Å². The van der Waals surface area contributed by atoms with Crippen molar-refractivity contribution in [2.24, 2.45) is 5.92 Å². The Bertz CT molecular complexity index is 1110. The van der Waals surface area contributed by atoms with E-state index in [2.05, 4.69) is 6.92 Å². The maximum atomic E-state index is 13.6. The number of carbonyl (C=O) groups excluding carboxylic acids is 2. The summed E-state index contributed by atoms with van der Waals surface area (Å²) in [6, 6.07) is 24.9. The molecule has 31 heavy (non-hydrogen) atoms. The molecule has 0 unspecified atom stereocenters. The first kappa shape index (κ1) is 19.5. The van der Waals surface area contributed by atoms with E-state index in [1.54, 1.807) is 5.06 Å². The monoisotopic (exact) mass is 412 g/mol. The number of aryl methyl sites for hydroxylation is 2. The van der Waals surface area contributed by atoms with Crippen LogP contribution in [-0.4, -0.2) is 17.9 Å². The predicted molar refractivity (Wildman–Crippen MR) is 120 cm³/mol. The number of imide groups is 1. The second-order valence-corrected chi connectivity index (χ2v) is 8.10. The summed E-state index contributed by atoms with van der Waals surface area (Å²) < 4.78 is 0. The summed E-state index contributed by atoms with van der Waals surface area (Å²) in [7, 11) is 0. The zero-order valence-corrected chi connectivity index (χ0v) is 17.6. The number of hydrogen-bond acceptors (Lipinski definition) is 4. The zero-order chi connectivity index (χ0) is 21.5. The fourth-order valence-electron chi connectivity index (χ4n) is 4.45. The third-order valence-corrected chi connectivity index (χ3v) is 6.15. The summed E-state index contributed by atoms with van der Waals surface area (Å²) in [5, 5.41) is 1.73. The molecular weight excluding hydrogens is 388 g/mol. The molecule has 3 aromatic rings. The van der Waals surface area contributed by atoms with Crippen molar-refractivity contribution in [3.63, 3.8) is 0 Å². The van der Waals surface area contributed by atoms with Crippen molar-refractivity contribution in [1.82, 2.24) is 0 Å². The van der Waals surface area contributed by atoms with Crippen LogP contribution < -0.4 is 9.96 Å². The average Bonchev–Trinajstić information content (AvgIpc) is 3.31. The molecule has 2 amide bonds. The third kappa shape index (κ3) is 3.22. The highest BCUT2D eigenvalue weighted by atomic mass is 16.7. The molecule has 5 nitrogen and oxygen atoms in total. The summed E-state index contributed by atoms with van der Waals surface area (Å²) in [5.74, 6) is -1.14. The second-order valence-electron chi connectivity index (χ2n) is 8.10. The molecule has 156 valence electrons. The summed E-state index contributed by atoms with van der Waals surface area (Å²) >= 11 is 0. The van der Waals surface area contributed by atoms with Crippen molar-refractivity contribution in [3.8, 4) is 0 Å². The van der Waals surface area contributed by atoms with Crippen LogP contribution in [-0.2, 0) is 20.8 Å². The number of hydroxylamine groups is 1. The lowest BCUT2D eigenvalue weighted by atomic mass is 9.90. The minimum Gasteiger partial charge on any atom is -0.273 e. The van der Waals surface area contributed by atoms with Crippen molar-refractivity contribution < 1.29 is 14.4 Å². The SMILES string of the molecule is CCc1ccc(N2C(=O)[C@H]3[C@@H](ON(c4ccccc4)[C@H]3c3ccc(C)cc3)C2=O)cc1. The molecule has 5 heteroatoms. The van der Waals surface area contributed by atoms with Crippen molar-refractivity contribution in [1.29, 1.82) is 0 Å². The predicted octanol–water partition coefficient (Wildman–Crippen LogP) is 4.61. The van der Waals surface area contributed by atoms with E-state index < -0.39 is 12.0 Å². The van der Waals surface area contributed by atoms with Crippen molar-refractivity contribution >= 4 is 23.2 Å². The summed E-state index contributed by atoms with van der Waals surface area (Å²) in [6.07, 6.45) is 0.0581. The van der Waals surface area contributed by atoms with Crippen molar-refractivity contribution in [2.45, 2.75) is 32.4 Å². The van der Waals surface area contributed by atoms with Crippen molar-refractivity contribution in [3.05, 3.63) is 95.6 Å². The van der Waals surface area contributed by atoms with Crippen molar-refractivity contribution in [2.75, 3.05) is 9.96 Å².